The molecular weight excluding hydrogens is 532 g/mol. The number of amides is 3. The highest BCUT2D eigenvalue weighted by Crippen LogP contribution is 2.35. The van der Waals surface area contributed by atoms with Crippen LogP contribution in [0.4, 0.5) is 22.7 Å². The minimum Gasteiger partial charge on any atom is -0.326 e. The van der Waals surface area contributed by atoms with Crippen molar-refractivity contribution in [3.63, 3.8) is 0 Å². The largest absolute Gasteiger partial charge is 0.326 e. The lowest BCUT2D eigenvalue weighted by atomic mass is 10.1. The summed E-state index contributed by atoms with van der Waals surface area (Å²) in [5.41, 5.74) is 3.38. The number of hydrogen-bond acceptors (Lipinski definition) is 6. The van der Waals surface area contributed by atoms with Crippen LogP contribution in [0.5, 0.6) is 0 Å². The zero-order chi connectivity index (χ0) is 27.2. The predicted molar refractivity (Wildman–Crippen MR) is 154 cm³/mol. The van der Waals surface area contributed by atoms with Gasteiger partial charge in [-0.1, -0.05) is 41.9 Å². The molecule has 0 saturated carbocycles. The molecule has 1 aliphatic rings. The van der Waals surface area contributed by atoms with E-state index in [0.29, 0.717) is 22.1 Å². The van der Waals surface area contributed by atoms with Crippen molar-refractivity contribution in [2.24, 2.45) is 10.2 Å². The summed E-state index contributed by atoms with van der Waals surface area (Å²) in [7, 11) is 0. The molecule has 5 rings (SSSR count). The second kappa shape index (κ2) is 12.1. The zero-order valence-electron chi connectivity index (χ0n) is 20.7. The predicted octanol–water partition coefficient (Wildman–Crippen LogP) is 7.36. The van der Waals surface area contributed by atoms with Gasteiger partial charge in [0.1, 0.15) is 0 Å². The summed E-state index contributed by atoms with van der Waals surface area (Å²) >= 11 is 7.22. The molecule has 194 valence electrons. The number of halogens is 1. The molecule has 0 aromatic heterocycles. The lowest BCUT2D eigenvalue weighted by Crippen LogP contribution is -2.30. The van der Waals surface area contributed by atoms with Crippen molar-refractivity contribution in [2.75, 3.05) is 10.2 Å². The molecule has 1 atom stereocenters. The van der Waals surface area contributed by atoms with E-state index in [9.17, 15) is 14.4 Å². The van der Waals surface area contributed by atoms with Crippen LogP contribution in [-0.2, 0) is 20.8 Å². The minimum absolute atomic E-state index is 0.110. The number of anilines is 2. The molecule has 1 N–H and O–H groups in total. The number of nitrogens with zero attached hydrogens (tertiary/aromatic N) is 3. The summed E-state index contributed by atoms with van der Waals surface area (Å²) in [5.74, 6) is -0.649. The molecule has 7 nitrogen and oxygen atoms in total. The maximum Gasteiger partial charge on any atom is 0.247 e. The Morgan fingerprint density at radius 3 is 2.15 bits per heavy atom. The molecule has 0 spiro atoms. The van der Waals surface area contributed by atoms with Gasteiger partial charge in [-0.25, -0.2) is 4.90 Å². The summed E-state index contributed by atoms with van der Waals surface area (Å²) < 4.78 is 0. The van der Waals surface area contributed by atoms with E-state index in [1.165, 1.54) is 16.7 Å². The van der Waals surface area contributed by atoms with Gasteiger partial charge in [0.25, 0.3) is 0 Å². The second-order valence-electron chi connectivity index (χ2n) is 8.81. The highest BCUT2D eigenvalue weighted by molar-refractivity contribution is 8.00. The fourth-order valence-corrected chi connectivity index (χ4v) is 5.20. The van der Waals surface area contributed by atoms with Crippen molar-refractivity contribution in [1.82, 2.24) is 0 Å². The van der Waals surface area contributed by atoms with Crippen molar-refractivity contribution in [1.29, 1.82) is 0 Å². The van der Waals surface area contributed by atoms with Crippen molar-refractivity contribution in [3.8, 4) is 0 Å². The Balaban J connectivity index is 1.17. The molecule has 0 aliphatic carbocycles. The van der Waals surface area contributed by atoms with Crippen LogP contribution in [0.25, 0.3) is 0 Å². The van der Waals surface area contributed by atoms with Crippen molar-refractivity contribution < 1.29 is 14.4 Å². The van der Waals surface area contributed by atoms with Crippen LogP contribution < -0.4 is 10.2 Å². The average molecular weight is 555 g/mol. The molecule has 1 heterocycles. The first-order valence-electron chi connectivity index (χ1n) is 12.2. The van der Waals surface area contributed by atoms with Crippen LogP contribution in [0.1, 0.15) is 12.0 Å². The Morgan fingerprint density at radius 2 is 1.49 bits per heavy atom. The summed E-state index contributed by atoms with van der Waals surface area (Å²) in [5, 5.41) is 11.3. The third-order valence-electron chi connectivity index (χ3n) is 5.94. The van der Waals surface area contributed by atoms with Crippen LogP contribution in [0.3, 0.4) is 0 Å². The van der Waals surface area contributed by atoms with Gasteiger partial charge in [0.2, 0.25) is 17.7 Å². The third kappa shape index (κ3) is 6.79. The molecule has 1 saturated heterocycles. The monoisotopic (exact) mass is 554 g/mol. The fraction of sp³-hybridized carbons (Fsp3) is 0.100. The topological polar surface area (TPSA) is 91.2 Å². The highest BCUT2D eigenvalue weighted by atomic mass is 35.5. The first kappa shape index (κ1) is 26.3. The van der Waals surface area contributed by atoms with Crippen LogP contribution >= 0.6 is 23.4 Å². The zero-order valence-corrected chi connectivity index (χ0v) is 22.2. The maximum atomic E-state index is 13.1. The van der Waals surface area contributed by atoms with E-state index < -0.39 is 5.25 Å². The molecule has 0 unspecified atom stereocenters. The molecule has 0 radical (unpaired) electrons. The molecule has 1 aliphatic heterocycles. The average Bonchev–Trinajstić information content (AvgIpc) is 3.23. The first-order chi connectivity index (χ1) is 18.9. The van der Waals surface area contributed by atoms with E-state index in [4.69, 9.17) is 11.6 Å². The van der Waals surface area contributed by atoms with Crippen LogP contribution in [0.15, 0.2) is 118 Å². The van der Waals surface area contributed by atoms with Gasteiger partial charge in [-0.15, -0.1) is 11.8 Å². The van der Waals surface area contributed by atoms with E-state index in [2.05, 4.69) is 15.5 Å². The van der Waals surface area contributed by atoms with E-state index in [1.807, 2.05) is 54.6 Å². The van der Waals surface area contributed by atoms with Gasteiger partial charge >= 0.3 is 0 Å². The van der Waals surface area contributed by atoms with Crippen molar-refractivity contribution in [3.05, 3.63) is 114 Å². The first-order valence-corrected chi connectivity index (χ1v) is 13.4. The molecular formula is C30H23ClN4O3S. The SMILES string of the molecule is O=C(Cc1ccc(Cl)cc1)Nc1ccc(S[C@@H]2CC(=O)N(c3ccc(N=Nc4ccccc4)cc3)C2=O)cc1. The van der Waals surface area contributed by atoms with E-state index >= 15 is 0 Å². The lowest BCUT2D eigenvalue weighted by molar-refractivity contribution is -0.121. The number of hydrogen-bond donors (Lipinski definition) is 1. The number of carbonyl (C=O) groups is 3. The summed E-state index contributed by atoms with van der Waals surface area (Å²) in [6, 6.07) is 30.6. The van der Waals surface area contributed by atoms with Crippen LogP contribution in [0.2, 0.25) is 5.02 Å². The minimum atomic E-state index is -0.528. The Bertz CT molecular complexity index is 1510. The number of carbonyl (C=O) groups excluding carboxylic acids is 3. The fourth-order valence-electron chi connectivity index (χ4n) is 4.02. The highest BCUT2D eigenvalue weighted by Gasteiger charge is 2.40. The molecule has 4 aromatic carbocycles. The smallest absolute Gasteiger partial charge is 0.247 e. The number of rotatable bonds is 8. The van der Waals surface area contributed by atoms with E-state index in [1.54, 1.807) is 48.5 Å². The standard InChI is InChI=1S/C30H23ClN4O3S/c31-21-8-6-20(7-9-21)18-28(36)32-22-12-16-26(17-13-22)39-27-19-29(37)35(30(27)38)25-14-10-24(11-15-25)34-33-23-4-2-1-3-5-23/h1-17,27H,18-19H2,(H,32,36)/t27-/m1/s1. The number of nitrogens with one attached hydrogen (secondary N) is 1. The Labute approximate surface area is 234 Å². The van der Waals surface area contributed by atoms with Crippen molar-refractivity contribution in [2.45, 2.75) is 23.0 Å². The number of imide groups is 1. The molecule has 9 heteroatoms. The molecule has 39 heavy (non-hydrogen) atoms. The Kier molecular flexibility index (Phi) is 8.15. The van der Waals surface area contributed by atoms with E-state index in [0.717, 1.165) is 16.1 Å². The quantitative estimate of drug-likeness (QED) is 0.182. The number of thioether (sulfide) groups is 1. The van der Waals surface area contributed by atoms with Gasteiger partial charge in [-0.05, 0) is 78.4 Å². The number of benzene rings is 4. The molecule has 1 fully saturated rings. The van der Waals surface area contributed by atoms with Gasteiger partial charge in [0.15, 0.2) is 0 Å². The molecule has 3 amide bonds. The summed E-state index contributed by atoms with van der Waals surface area (Å²) in [6.45, 7) is 0. The van der Waals surface area contributed by atoms with Gasteiger partial charge in [0.05, 0.1) is 28.7 Å². The second-order valence-corrected chi connectivity index (χ2v) is 10.5. The van der Waals surface area contributed by atoms with Gasteiger partial charge < -0.3 is 5.32 Å². The molecule has 0 bridgehead atoms. The normalized spacial score (nSPS) is 15.2. The van der Waals surface area contributed by atoms with Gasteiger partial charge in [-0.3, -0.25) is 14.4 Å². The van der Waals surface area contributed by atoms with Crippen LogP contribution in [-0.4, -0.2) is 23.0 Å². The summed E-state index contributed by atoms with van der Waals surface area (Å²) in [4.78, 5) is 40.2. The Morgan fingerprint density at radius 1 is 0.846 bits per heavy atom. The van der Waals surface area contributed by atoms with Gasteiger partial charge in [-0.2, -0.15) is 10.2 Å². The van der Waals surface area contributed by atoms with Crippen LogP contribution in [0, 0.1) is 0 Å². The number of azo groups is 1. The van der Waals surface area contributed by atoms with E-state index in [-0.39, 0.29) is 30.6 Å². The third-order valence-corrected chi connectivity index (χ3v) is 7.39. The van der Waals surface area contributed by atoms with Crippen molar-refractivity contribution >= 4 is 63.8 Å². The maximum absolute atomic E-state index is 13.1. The van der Waals surface area contributed by atoms with Gasteiger partial charge in [0, 0.05) is 22.0 Å². The molecule has 4 aromatic rings. The Hall–Kier alpha value is -4.27. The lowest BCUT2D eigenvalue weighted by Gasteiger charge is -2.15. The summed E-state index contributed by atoms with van der Waals surface area (Å²) in [6.07, 6.45) is 0.345.